The number of aryl methyl sites for hydroxylation is 3. The highest BCUT2D eigenvalue weighted by atomic mass is 32.1. The van der Waals surface area contributed by atoms with E-state index in [9.17, 15) is 0 Å². The third-order valence-electron chi connectivity index (χ3n) is 3.52. The van der Waals surface area contributed by atoms with Crippen molar-refractivity contribution in [3.05, 3.63) is 56.8 Å². The second-order valence-electron chi connectivity index (χ2n) is 4.98. The third-order valence-corrected chi connectivity index (χ3v) is 4.58. The Hall–Kier alpha value is -1.12. The van der Waals surface area contributed by atoms with E-state index in [0.717, 1.165) is 6.54 Å². The molecule has 2 heteroatoms. The van der Waals surface area contributed by atoms with Gasteiger partial charge in [-0.25, -0.2) is 0 Å². The van der Waals surface area contributed by atoms with E-state index in [4.69, 9.17) is 0 Å². The molecule has 1 N–H and O–H groups in total. The van der Waals surface area contributed by atoms with Crippen LogP contribution in [0.1, 0.15) is 40.1 Å². The van der Waals surface area contributed by atoms with Crippen LogP contribution in [0.3, 0.4) is 0 Å². The highest BCUT2D eigenvalue weighted by molar-refractivity contribution is 7.10. The highest BCUT2D eigenvalue weighted by Gasteiger charge is 2.07. The molecule has 18 heavy (non-hydrogen) atoms. The minimum atomic E-state index is 0.422. The summed E-state index contributed by atoms with van der Waals surface area (Å²) < 4.78 is 0. The molecule has 1 unspecified atom stereocenters. The van der Waals surface area contributed by atoms with Crippen LogP contribution in [0, 0.1) is 20.8 Å². The van der Waals surface area contributed by atoms with Crippen molar-refractivity contribution in [1.29, 1.82) is 0 Å². The Morgan fingerprint density at radius 3 is 2.50 bits per heavy atom. The predicted octanol–water partition coefficient (Wildman–Crippen LogP) is 4.52. The van der Waals surface area contributed by atoms with Crippen molar-refractivity contribution in [1.82, 2.24) is 5.32 Å². The quantitative estimate of drug-likeness (QED) is 0.851. The Kier molecular flexibility index (Phi) is 4.20. The van der Waals surface area contributed by atoms with E-state index in [0.29, 0.717) is 6.04 Å². The molecule has 0 saturated heterocycles. The zero-order chi connectivity index (χ0) is 13.1. The van der Waals surface area contributed by atoms with Crippen LogP contribution in [0.15, 0.2) is 29.6 Å². The molecule has 1 aromatic heterocycles. The summed E-state index contributed by atoms with van der Waals surface area (Å²) in [4.78, 5) is 1.40. The summed E-state index contributed by atoms with van der Waals surface area (Å²) in [5, 5.41) is 5.73. The summed E-state index contributed by atoms with van der Waals surface area (Å²) in [6.07, 6.45) is 0. The van der Waals surface area contributed by atoms with Gasteiger partial charge in [0.1, 0.15) is 0 Å². The summed E-state index contributed by atoms with van der Waals surface area (Å²) in [5.74, 6) is 0. The van der Waals surface area contributed by atoms with Gasteiger partial charge in [-0.1, -0.05) is 18.2 Å². The lowest BCUT2D eigenvalue weighted by Gasteiger charge is -2.15. The first-order valence-electron chi connectivity index (χ1n) is 6.41. The molecule has 0 aliphatic carbocycles. The fraction of sp³-hybridized carbons (Fsp3) is 0.375. The van der Waals surface area contributed by atoms with Gasteiger partial charge in [0.05, 0.1) is 0 Å². The van der Waals surface area contributed by atoms with Crippen molar-refractivity contribution >= 4 is 11.3 Å². The molecule has 0 aliphatic rings. The maximum absolute atomic E-state index is 3.60. The first kappa shape index (κ1) is 13.3. The van der Waals surface area contributed by atoms with Crippen molar-refractivity contribution in [3.63, 3.8) is 0 Å². The van der Waals surface area contributed by atoms with Gasteiger partial charge in [0.25, 0.3) is 0 Å². The largest absolute Gasteiger partial charge is 0.305 e. The van der Waals surface area contributed by atoms with E-state index in [1.165, 1.54) is 27.1 Å². The van der Waals surface area contributed by atoms with Crippen LogP contribution in [0.25, 0.3) is 0 Å². The first-order valence-corrected chi connectivity index (χ1v) is 7.29. The number of rotatable bonds is 4. The molecular weight excluding hydrogens is 238 g/mol. The van der Waals surface area contributed by atoms with Crippen LogP contribution in [0.4, 0.5) is 0 Å². The number of thiophene rings is 1. The second kappa shape index (κ2) is 5.68. The Bertz CT molecular complexity index is 514. The Balaban J connectivity index is 2.04. The van der Waals surface area contributed by atoms with Crippen molar-refractivity contribution in [3.8, 4) is 0 Å². The zero-order valence-electron chi connectivity index (χ0n) is 11.6. The lowest BCUT2D eigenvalue weighted by atomic mass is 10.0. The molecule has 2 aromatic rings. The smallest absolute Gasteiger partial charge is 0.0388 e. The van der Waals surface area contributed by atoms with Gasteiger partial charge in [0.15, 0.2) is 0 Å². The molecule has 2 rings (SSSR count). The molecular formula is C16H21NS. The Morgan fingerprint density at radius 2 is 1.83 bits per heavy atom. The molecule has 0 aliphatic heterocycles. The molecule has 0 saturated carbocycles. The average Bonchev–Trinajstić information content (AvgIpc) is 2.85. The van der Waals surface area contributed by atoms with Gasteiger partial charge in [-0.2, -0.15) is 0 Å². The van der Waals surface area contributed by atoms with Crippen LogP contribution in [0.5, 0.6) is 0 Å². The van der Waals surface area contributed by atoms with Gasteiger partial charge >= 0.3 is 0 Å². The SMILES string of the molecule is Cc1cc(C)c(CNC(C)c2cccs2)cc1C. The van der Waals surface area contributed by atoms with E-state index < -0.39 is 0 Å². The standard InChI is InChI=1S/C16H21NS/c1-11-8-13(3)15(9-12(11)2)10-17-14(4)16-6-5-7-18-16/h5-9,14,17H,10H2,1-4H3. The van der Waals surface area contributed by atoms with Crippen molar-refractivity contribution in [2.75, 3.05) is 0 Å². The lowest BCUT2D eigenvalue weighted by molar-refractivity contribution is 0.581. The minimum absolute atomic E-state index is 0.422. The van der Waals surface area contributed by atoms with Gasteiger partial charge in [0.2, 0.25) is 0 Å². The number of benzene rings is 1. The minimum Gasteiger partial charge on any atom is -0.305 e. The highest BCUT2D eigenvalue weighted by Crippen LogP contribution is 2.20. The molecule has 96 valence electrons. The third kappa shape index (κ3) is 3.01. The summed E-state index contributed by atoms with van der Waals surface area (Å²) >= 11 is 1.81. The normalized spacial score (nSPS) is 12.7. The molecule has 1 aromatic carbocycles. The number of hydrogen-bond donors (Lipinski definition) is 1. The van der Waals surface area contributed by atoms with E-state index in [1.807, 2.05) is 11.3 Å². The van der Waals surface area contributed by atoms with Gasteiger partial charge in [-0.05, 0) is 61.4 Å². The Labute approximate surface area is 114 Å². The zero-order valence-corrected chi connectivity index (χ0v) is 12.4. The molecule has 1 nitrogen and oxygen atoms in total. The van der Waals surface area contributed by atoms with Crippen LogP contribution >= 0.6 is 11.3 Å². The maximum Gasteiger partial charge on any atom is 0.0388 e. The average molecular weight is 259 g/mol. The van der Waals surface area contributed by atoms with E-state index in [2.05, 4.69) is 62.7 Å². The monoisotopic (exact) mass is 259 g/mol. The topological polar surface area (TPSA) is 12.0 Å². The van der Waals surface area contributed by atoms with Crippen LogP contribution in [-0.4, -0.2) is 0 Å². The van der Waals surface area contributed by atoms with Gasteiger partial charge in [-0.15, -0.1) is 11.3 Å². The van der Waals surface area contributed by atoms with Crippen molar-refractivity contribution in [2.24, 2.45) is 0 Å². The molecule has 1 heterocycles. The summed E-state index contributed by atoms with van der Waals surface area (Å²) in [6.45, 7) is 9.71. The first-order chi connectivity index (χ1) is 8.58. The fourth-order valence-corrected chi connectivity index (χ4v) is 2.87. The molecule has 0 spiro atoms. The van der Waals surface area contributed by atoms with Gasteiger partial charge in [0, 0.05) is 17.5 Å². The second-order valence-corrected chi connectivity index (χ2v) is 5.96. The van der Waals surface area contributed by atoms with E-state index in [1.54, 1.807) is 0 Å². The van der Waals surface area contributed by atoms with E-state index in [-0.39, 0.29) is 0 Å². The molecule has 0 fully saturated rings. The fourth-order valence-electron chi connectivity index (χ4n) is 2.11. The lowest BCUT2D eigenvalue weighted by Crippen LogP contribution is -2.17. The number of hydrogen-bond acceptors (Lipinski definition) is 2. The molecule has 0 bridgehead atoms. The maximum atomic E-state index is 3.60. The van der Waals surface area contributed by atoms with E-state index >= 15 is 0 Å². The van der Waals surface area contributed by atoms with Crippen molar-refractivity contribution < 1.29 is 0 Å². The van der Waals surface area contributed by atoms with Gasteiger partial charge < -0.3 is 5.32 Å². The number of nitrogens with one attached hydrogen (secondary N) is 1. The molecule has 1 atom stereocenters. The summed E-state index contributed by atoms with van der Waals surface area (Å²) in [7, 11) is 0. The van der Waals surface area contributed by atoms with Gasteiger partial charge in [-0.3, -0.25) is 0 Å². The summed E-state index contributed by atoms with van der Waals surface area (Å²) in [5.41, 5.74) is 5.54. The summed E-state index contributed by atoms with van der Waals surface area (Å²) in [6, 6.07) is 9.31. The molecule has 0 radical (unpaired) electrons. The van der Waals surface area contributed by atoms with Crippen LogP contribution in [-0.2, 0) is 6.54 Å². The van der Waals surface area contributed by atoms with Crippen LogP contribution in [0.2, 0.25) is 0 Å². The van der Waals surface area contributed by atoms with Crippen molar-refractivity contribution in [2.45, 2.75) is 40.3 Å². The van der Waals surface area contributed by atoms with Crippen LogP contribution < -0.4 is 5.32 Å². The Morgan fingerprint density at radius 1 is 1.11 bits per heavy atom. The molecule has 0 amide bonds. The predicted molar refractivity (Wildman–Crippen MR) is 80.2 cm³/mol.